The SMILES string of the molecule is CC.C\C=C/C=C\C=C\C1=CC=C(C2(c3ccc(-c4cccc5c4CC4=CC(N(c6ccccc6)c6ccc7c8ccccc8n(-c8ccccc8)c7c6)CC=C45)cc3)C3=C(CCC=C3)C3=C2C=CCC3)CC1. The van der Waals surface area contributed by atoms with Gasteiger partial charge in [0, 0.05) is 27.8 Å². The van der Waals surface area contributed by atoms with E-state index in [2.05, 4.69) is 247 Å². The molecule has 1 heterocycles. The molecule has 358 valence electrons. The molecular formula is C71H64N2. The third kappa shape index (κ3) is 7.96. The summed E-state index contributed by atoms with van der Waals surface area (Å²) < 4.78 is 2.43. The van der Waals surface area contributed by atoms with Gasteiger partial charge in [0.05, 0.1) is 22.5 Å². The van der Waals surface area contributed by atoms with Crippen molar-refractivity contribution in [1.82, 2.24) is 4.57 Å². The van der Waals surface area contributed by atoms with Crippen LogP contribution in [0.25, 0.3) is 44.2 Å². The summed E-state index contributed by atoms with van der Waals surface area (Å²) in [5, 5.41) is 2.54. The number of fused-ring (bicyclic) bond motifs is 7. The number of benzene rings is 6. The first-order valence-electron chi connectivity index (χ1n) is 26.9. The molecule has 6 aromatic carbocycles. The van der Waals surface area contributed by atoms with Crippen molar-refractivity contribution in [3.8, 4) is 16.8 Å². The van der Waals surface area contributed by atoms with E-state index < -0.39 is 0 Å². The Bertz CT molecular complexity index is 3580. The first-order valence-corrected chi connectivity index (χ1v) is 26.9. The zero-order valence-corrected chi connectivity index (χ0v) is 42.6. The lowest BCUT2D eigenvalue weighted by Gasteiger charge is -2.40. The van der Waals surface area contributed by atoms with Crippen molar-refractivity contribution >= 4 is 38.8 Å². The van der Waals surface area contributed by atoms with Gasteiger partial charge < -0.3 is 9.47 Å². The van der Waals surface area contributed by atoms with Crippen LogP contribution in [0.1, 0.15) is 82.4 Å². The van der Waals surface area contributed by atoms with Crippen LogP contribution in [0.15, 0.2) is 270 Å². The summed E-state index contributed by atoms with van der Waals surface area (Å²) in [5.74, 6) is 0. The fourth-order valence-corrected chi connectivity index (χ4v) is 13.0. The molecule has 73 heavy (non-hydrogen) atoms. The second-order valence-electron chi connectivity index (χ2n) is 19.9. The highest BCUT2D eigenvalue weighted by atomic mass is 15.2. The normalized spacial score (nSPS) is 18.6. The molecule has 2 nitrogen and oxygen atoms in total. The number of nitrogens with zero attached hydrogens (tertiary/aromatic N) is 2. The van der Waals surface area contributed by atoms with Crippen LogP contribution in [0.2, 0.25) is 0 Å². The number of anilines is 2. The minimum atomic E-state index is -0.278. The molecule has 1 unspecified atom stereocenters. The van der Waals surface area contributed by atoms with Gasteiger partial charge in [0.15, 0.2) is 0 Å². The van der Waals surface area contributed by atoms with Gasteiger partial charge in [-0.05, 0) is 168 Å². The number of allylic oxidation sites excluding steroid dienone is 20. The molecule has 0 fully saturated rings. The van der Waals surface area contributed by atoms with E-state index in [0.717, 1.165) is 51.4 Å². The first kappa shape index (κ1) is 46.2. The Morgan fingerprint density at radius 1 is 0.603 bits per heavy atom. The monoisotopic (exact) mass is 945 g/mol. The Morgan fingerprint density at radius 3 is 2.04 bits per heavy atom. The van der Waals surface area contributed by atoms with Gasteiger partial charge in [0.25, 0.3) is 0 Å². The van der Waals surface area contributed by atoms with E-state index in [1.807, 2.05) is 13.8 Å². The maximum Gasteiger partial charge on any atom is 0.0669 e. The fourth-order valence-electron chi connectivity index (χ4n) is 13.0. The van der Waals surface area contributed by atoms with Crippen molar-refractivity contribution < 1.29 is 0 Å². The van der Waals surface area contributed by atoms with Crippen molar-refractivity contribution in [1.29, 1.82) is 0 Å². The molecule has 0 amide bonds. The summed E-state index contributed by atoms with van der Waals surface area (Å²) in [6, 6.07) is 54.7. The van der Waals surface area contributed by atoms with Crippen LogP contribution in [0.5, 0.6) is 0 Å². The number of hydrogen-bond donors (Lipinski definition) is 0. The van der Waals surface area contributed by atoms with E-state index >= 15 is 0 Å². The molecule has 1 atom stereocenters. The Labute approximate surface area is 432 Å². The average Bonchev–Trinajstić information content (AvgIpc) is 4.10. The third-order valence-electron chi connectivity index (χ3n) is 16.1. The van der Waals surface area contributed by atoms with E-state index in [1.165, 1.54) is 100 Å². The molecule has 0 spiro atoms. The Kier molecular flexibility index (Phi) is 12.6. The van der Waals surface area contributed by atoms with Crippen molar-refractivity contribution in [3.63, 3.8) is 0 Å². The zero-order chi connectivity index (χ0) is 49.3. The van der Waals surface area contributed by atoms with E-state index in [4.69, 9.17) is 0 Å². The van der Waals surface area contributed by atoms with Crippen LogP contribution >= 0.6 is 0 Å². The first-order chi connectivity index (χ1) is 36.2. The smallest absolute Gasteiger partial charge is 0.0669 e. The van der Waals surface area contributed by atoms with Gasteiger partial charge in [-0.1, -0.05) is 208 Å². The van der Waals surface area contributed by atoms with Gasteiger partial charge in [-0.3, -0.25) is 0 Å². The Morgan fingerprint density at radius 2 is 1.30 bits per heavy atom. The third-order valence-corrected chi connectivity index (χ3v) is 16.1. The van der Waals surface area contributed by atoms with Gasteiger partial charge in [-0.2, -0.15) is 0 Å². The minimum absolute atomic E-state index is 0.153. The molecule has 6 aliphatic rings. The number of hydrogen-bond acceptors (Lipinski definition) is 1. The summed E-state index contributed by atoms with van der Waals surface area (Å²) in [6.45, 7) is 6.06. The van der Waals surface area contributed by atoms with E-state index in [1.54, 1.807) is 11.1 Å². The lowest BCUT2D eigenvalue weighted by molar-refractivity contribution is 0.670. The van der Waals surface area contributed by atoms with Crippen LogP contribution in [0, 0.1) is 0 Å². The summed E-state index contributed by atoms with van der Waals surface area (Å²) in [5.41, 5.74) is 24.6. The summed E-state index contributed by atoms with van der Waals surface area (Å²) in [7, 11) is 0. The highest BCUT2D eigenvalue weighted by Gasteiger charge is 2.49. The number of para-hydroxylation sites is 3. The van der Waals surface area contributed by atoms with E-state index in [9.17, 15) is 0 Å². The van der Waals surface area contributed by atoms with Gasteiger partial charge in [-0.15, -0.1) is 0 Å². The molecule has 13 rings (SSSR count). The van der Waals surface area contributed by atoms with Crippen LogP contribution in [0.4, 0.5) is 11.4 Å². The number of aromatic nitrogens is 1. The molecular weight excluding hydrogens is 881 g/mol. The summed E-state index contributed by atoms with van der Waals surface area (Å²) >= 11 is 0. The second-order valence-corrected chi connectivity index (χ2v) is 19.9. The molecule has 6 aliphatic carbocycles. The van der Waals surface area contributed by atoms with Gasteiger partial charge in [0.2, 0.25) is 0 Å². The molecule has 0 bridgehead atoms. The maximum atomic E-state index is 2.58. The lowest BCUT2D eigenvalue weighted by atomic mass is 9.62. The highest BCUT2D eigenvalue weighted by Crippen LogP contribution is 2.60. The standard InChI is InChI=1S/C69H58N2.C2H6/c1-2-3-4-5-8-20-48-33-37-51(38-34-48)69(65-30-16-13-25-60(65)61-26-14-17-31-66(61)69)52-39-35-49(36-40-52)57-28-19-29-59-58-43-41-55(45-50(58)46-64(57)59)70(53-21-9-6-10-22-53)56-42-44-63-62-27-15-18-32-67(62)71(68(63)47-56)54-23-11-7-12-24-54;1-2/h2-12,15-24,27-33,35-37,39-40,42-45,47,55H,13-14,25-26,34,38,41,46H2,1H3;1-2H3/b3-2-,5-4-,20-8+;. The average molecular weight is 945 g/mol. The molecule has 0 saturated heterocycles. The quantitative estimate of drug-likeness (QED) is 0.124. The molecule has 0 aliphatic heterocycles. The Balaban J connectivity index is 0.00000268. The van der Waals surface area contributed by atoms with Crippen LogP contribution in [0.3, 0.4) is 0 Å². The second kappa shape index (κ2) is 19.9. The minimum Gasteiger partial charge on any atom is -0.334 e. The van der Waals surface area contributed by atoms with E-state index in [-0.39, 0.29) is 11.5 Å². The number of rotatable bonds is 10. The summed E-state index contributed by atoms with van der Waals surface area (Å²) in [6.07, 6.45) is 41.1. The molecule has 0 saturated carbocycles. The predicted octanol–water partition coefficient (Wildman–Crippen LogP) is 18.8. The Hall–Kier alpha value is -7.94. The molecule has 0 radical (unpaired) electrons. The van der Waals surface area contributed by atoms with Crippen LogP contribution in [-0.2, 0) is 11.8 Å². The van der Waals surface area contributed by atoms with E-state index in [0.29, 0.717) is 0 Å². The van der Waals surface area contributed by atoms with Crippen LogP contribution < -0.4 is 4.90 Å². The van der Waals surface area contributed by atoms with Crippen molar-refractivity contribution in [2.45, 2.75) is 83.6 Å². The summed E-state index contributed by atoms with van der Waals surface area (Å²) in [4.78, 5) is 2.57. The van der Waals surface area contributed by atoms with Gasteiger partial charge >= 0.3 is 0 Å². The zero-order valence-electron chi connectivity index (χ0n) is 42.6. The van der Waals surface area contributed by atoms with Gasteiger partial charge in [0.1, 0.15) is 0 Å². The van der Waals surface area contributed by atoms with Gasteiger partial charge in [-0.25, -0.2) is 0 Å². The van der Waals surface area contributed by atoms with Crippen molar-refractivity contribution in [3.05, 3.63) is 286 Å². The lowest BCUT2D eigenvalue weighted by Crippen LogP contribution is -2.32. The maximum absolute atomic E-state index is 2.58. The molecule has 0 N–H and O–H groups in total. The fraction of sp³-hybridized carbons (Fsp3) is 0.183. The largest absolute Gasteiger partial charge is 0.334 e. The molecule has 2 heteroatoms. The molecule has 7 aromatic rings. The predicted molar refractivity (Wildman–Crippen MR) is 312 cm³/mol. The van der Waals surface area contributed by atoms with Crippen molar-refractivity contribution in [2.24, 2.45) is 0 Å². The topological polar surface area (TPSA) is 8.17 Å². The van der Waals surface area contributed by atoms with Crippen LogP contribution in [-0.4, -0.2) is 10.6 Å². The molecule has 1 aromatic heterocycles. The highest BCUT2D eigenvalue weighted by molar-refractivity contribution is 6.10. The van der Waals surface area contributed by atoms with Crippen molar-refractivity contribution in [2.75, 3.05) is 4.90 Å².